The third kappa shape index (κ3) is 3.39. The molecule has 0 fully saturated rings. The first-order valence-electron chi connectivity index (χ1n) is 11.3. The smallest absolute Gasteiger partial charge is 0.228 e. The lowest BCUT2D eigenvalue weighted by Crippen LogP contribution is -2.26. The highest BCUT2D eigenvalue weighted by atomic mass is 16.5. The minimum atomic E-state index is -0.430. The Kier molecular flexibility index (Phi) is 4.91. The normalized spacial score (nSPS) is 17.1. The molecule has 0 amide bonds. The molecule has 0 bridgehead atoms. The summed E-state index contributed by atoms with van der Waals surface area (Å²) >= 11 is 0. The molecular weight excluding hydrogens is 446 g/mol. The van der Waals surface area contributed by atoms with Gasteiger partial charge in [-0.05, 0) is 48.4 Å². The molecule has 1 unspecified atom stereocenters. The molecule has 0 saturated heterocycles. The fraction of sp³-hybridized carbons (Fsp3) is 0.231. The van der Waals surface area contributed by atoms with Gasteiger partial charge in [0.1, 0.15) is 12.1 Å². The minimum absolute atomic E-state index is 0.0666. The maximum Gasteiger partial charge on any atom is 0.228 e. The molecule has 35 heavy (non-hydrogen) atoms. The number of rotatable bonds is 4. The minimum Gasteiger partial charge on any atom is -0.493 e. The summed E-state index contributed by atoms with van der Waals surface area (Å²) in [6.45, 7) is 0. The fourth-order valence-electron chi connectivity index (χ4n) is 4.84. The molecule has 2 N–H and O–H groups in total. The molecule has 3 heterocycles. The average Bonchev–Trinajstić information content (AvgIpc) is 3.32. The van der Waals surface area contributed by atoms with E-state index in [4.69, 9.17) is 24.9 Å². The van der Waals surface area contributed by atoms with Gasteiger partial charge >= 0.3 is 0 Å². The highest BCUT2D eigenvalue weighted by Gasteiger charge is 2.40. The van der Waals surface area contributed by atoms with E-state index in [1.807, 2.05) is 42.5 Å². The van der Waals surface area contributed by atoms with Crippen molar-refractivity contribution in [2.45, 2.75) is 25.2 Å². The zero-order valence-electron chi connectivity index (χ0n) is 19.3. The van der Waals surface area contributed by atoms with Crippen LogP contribution in [-0.4, -0.2) is 39.6 Å². The summed E-state index contributed by atoms with van der Waals surface area (Å²) in [7, 11) is 3.18. The van der Waals surface area contributed by atoms with E-state index in [9.17, 15) is 4.79 Å². The van der Waals surface area contributed by atoms with Crippen LogP contribution in [0.5, 0.6) is 17.4 Å². The van der Waals surface area contributed by atoms with Crippen LogP contribution in [-0.2, 0) is 4.79 Å². The zero-order valence-corrected chi connectivity index (χ0v) is 19.3. The van der Waals surface area contributed by atoms with Gasteiger partial charge in [0, 0.05) is 29.7 Å². The highest BCUT2D eigenvalue weighted by molar-refractivity contribution is 6.00. The van der Waals surface area contributed by atoms with E-state index in [0.29, 0.717) is 64.3 Å². The first kappa shape index (κ1) is 21.2. The molecule has 6 rings (SSSR count). The van der Waals surface area contributed by atoms with Gasteiger partial charge in [0.05, 0.1) is 25.7 Å². The topological polar surface area (TPSA) is 114 Å². The molecule has 4 aromatic rings. The predicted octanol–water partition coefficient (Wildman–Crippen LogP) is 3.92. The number of Topliss-reactive ketones (excluding diaryl/α,β-unsaturated/α-hetero) is 1. The number of nitrogens with zero attached hydrogens (tertiary/aromatic N) is 4. The number of aromatic nitrogens is 4. The van der Waals surface area contributed by atoms with Gasteiger partial charge in [-0.15, -0.1) is 5.10 Å². The Morgan fingerprint density at radius 1 is 1.06 bits per heavy atom. The summed E-state index contributed by atoms with van der Waals surface area (Å²) in [5, 5.41) is 4.63. The second-order valence-corrected chi connectivity index (χ2v) is 8.55. The monoisotopic (exact) mass is 469 g/mol. The van der Waals surface area contributed by atoms with Crippen LogP contribution in [0.4, 0.5) is 5.69 Å². The number of nitrogen functional groups attached to an aromatic ring is 1. The van der Waals surface area contributed by atoms with Crippen LogP contribution in [0.1, 0.15) is 36.3 Å². The molecule has 2 aromatic heterocycles. The summed E-state index contributed by atoms with van der Waals surface area (Å²) in [5.41, 5.74) is 10.1. The Bertz CT molecular complexity index is 1510. The van der Waals surface area contributed by atoms with Crippen molar-refractivity contribution in [1.82, 2.24) is 19.6 Å². The first-order chi connectivity index (χ1) is 17.1. The molecule has 9 nitrogen and oxygen atoms in total. The Labute approximate surface area is 201 Å². The number of methoxy groups -OCH3 is 2. The van der Waals surface area contributed by atoms with Crippen molar-refractivity contribution in [1.29, 1.82) is 0 Å². The summed E-state index contributed by atoms with van der Waals surface area (Å²) in [5.74, 6) is 2.45. The predicted molar refractivity (Wildman–Crippen MR) is 129 cm³/mol. The number of hydrogen-bond donors (Lipinski definition) is 1. The SMILES string of the molecule is COc1ccc(C2C3=C(CCCC3=O)Oc3ncn4nc(-c5ccc(N)cc5)nc4c32)cc1OC. The summed E-state index contributed by atoms with van der Waals surface area (Å²) in [6, 6.07) is 13.0. The number of ether oxygens (including phenoxy) is 3. The second-order valence-electron chi connectivity index (χ2n) is 8.55. The lowest BCUT2D eigenvalue weighted by molar-refractivity contribution is -0.116. The number of ketones is 1. The summed E-state index contributed by atoms with van der Waals surface area (Å²) in [6.07, 6.45) is 3.49. The number of carbonyl (C=O) groups is 1. The highest BCUT2D eigenvalue weighted by Crippen LogP contribution is 2.48. The number of nitrogens with two attached hydrogens (primary N) is 1. The van der Waals surface area contributed by atoms with Crippen molar-refractivity contribution in [2.24, 2.45) is 0 Å². The Morgan fingerprint density at radius 3 is 2.63 bits per heavy atom. The van der Waals surface area contributed by atoms with Gasteiger partial charge in [0.2, 0.25) is 5.88 Å². The fourth-order valence-corrected chi connectivity index (χ4v) is 4.84. The van der Waals surface area contributed by atoms with Crippen LogP contribution in [0.15, 0.2) is 60.1 Å². The Hall–Kier alpha value is -4.40. The van der Waals surface area contributed by atoms with Crippen molar-refractivity contribution in [3.8, 4) is 28.8 Å². The quantitative estimate of drug-likeness (QED) is 0.448. The van der Waals surface area contributed by atoms with Crippen molar-refractivity contribution in [2.75, 3.05) is 20.0 Å². The van der Waals surface area contributed by atoms with Gasteiger partial charge in [-0.2, -0.15) is 0 Å². The maximum absolute atomic E-state index is 13.2. The molecular formula is C26H23N5O4. The molecule has 176 valence electrons. The van der Waals surface area contributed by atoms with E-state index in [-0.39, 0.29) is 5.78 Å². The zero-order chi connectivity index (χ0) is 24.1. The van der Waals surface area contributed by atoms with Crippen LogP contribution in [0.2, 0.25) is 0 Å². The van der Waals surface area contributed by atoms with Crippen molar-refractivity contribution < 1.29 is 19.0 Å². The van der Waals surface area contributed by atoms with E-state index in [0.717, 1.165) is 17.5 Å². The van der Waals surface area contributed by atoms with E-state index < -0.39 is 5.92 Å². The van der Waals surface area contributed by atoms with E-state index in [1.54, 1.807) is 25.1 Å². The van der Waals surface area contributed by atoms with Gasteiger partial charge in [-0.1, -0.05) is 6.07 Å². The second kappa shape index (κ2) is 8.12. The van der Waals surface area contributed by atoms with E-state index in [1.165, 1.54) is 0 Å². The Balaban J connectivity index is 1.59. The molecule has 1 atom stereocenters. The number of allylic oxidation sites excluding steroid dienone is 2. The number of anilines is 1. The van der Waals surface area contributed by atoms with Gasteiger partial charge in [0.15, 0.2) is 28.8 Å². The molecule has 0 radical (unpaired) electrons. The van der Waals surface area contributed by atoms with Crippen LogP contribution < -0.4 is 19.9 Å². The molecule has 0 spiro atoms. The third-order valence-electron chi connectivity index (χ3n) is 6.50. The van der Waals surface area contributed by atoms with Gasteiger partial charge < -0.3 is 19.9 Å². The average molecular weight is 470 g/mol. The van der Waals surface area contributed by atoms with Crippen molar-refractivity contribution in [3.63, 3.8) is 0 Å². The van der Waals surface area contributed by atoms with Crippen molar-refractivity contribution in [3.05, 3.63) is 71.3 Å². The molecule has 0 saturated carbocycles. The van der Waals surface area contributed by atoms with Crippen LogP contribution in [0.3, 0.4) is 0 Å². The third-order valence-corrected chi connectivity index (χ3v) is 6.50. The van der Waals surface area contributed by atoms with Crippen molar-refractivity contribution >= 4 is 17.1 Å². The molecule has 2 aromatic carbocycles. The van der Waals surface area contributed by atoms with Gasteiger partial charge in [0.25, 0.3) is 0 Å². The largest absolute Gasteiger partial charge is 0.493 e. The number of hydrogen-bond acceptors (Lipinski definition) is 8. The molecule has 2 aliphatic rings. The number of carbonyl (C=O) groups excluding carboxylic acids is 1. The first-order valence-corrected chi connectivity index (χ1v) is 11.3. The van der Waals surface area contributed by atoms with Crippen LogP contribution in [0, 0.1) is 0 Å². The van der Waals surface area contributed by atoms with Gasteiger partial charge in [-0.25, -0.2) is 14.5 Å². The maximum atomic E-state index is 13.2. The van der Waals surface area contributed by atoms with E-state index in [2.05, 4.69) is 10.1 Å². The van der Waals surface area contributed by atoms with Crippen LogP contribution in [0.25, 0.3) is 17.0 Å². The Morgan fingerprint density at radius 2 is 1.86 bits per heavy atom. The van der Waals surface area contributed by atoms with Crippen LogP contribution >= 0.6 is 0 Å². The lowest BCUT2D eigenvalue weighted by Gasteiger charge is -2.32. The molecule has 1 aliphatic heterocycles. The van der Waals surface area contributed by atoms with E-state index >= 15 is 0 Å². The van der Waals surface area contributed by atoms with Gasteiger partial charge in [-0.3, -0.25) is 4.79 Å². The standard InChI is InChI=1S/C26H23N5O4/c1-33-18-11-8-15(12-20(18)34-2)21-22-17(32)4-3-5-19(22)35-26-23(21)25-29-24(30-31(25)13-28-26)14-6-9-16(27)10-7-14/h6-13,21H,3-5,27H2,1-2H3. The summed E-state index contributed by atoms with van der Waals surface area (Å²) < 4.78 is 18.8. The molecule has 1 aliphatic carbocycles. The lowest BCUT2D eigenvalue weighted by atomic mass is 9.78. The summed E-state index contributed by atoms with van der Waals surface area (Å²) in [4.78, 5) is 22.6. The number of benzene rings is 2. The molecule has 9 heteroatoms. The number of fused-ring (bicyclic) bond motifs is 3.